The lowest BCUT2D eigenvalue weighted by atomic mass is 10.1. The van der Waals surface area contributed by atoms with Crippen LogP contribution in [-0.2, 0) is 11.3 Å². The van der Waals surface area contributed by atoms with Gasteiger partial charge in [-0.25, -0.2) is 14.2 Å². The van der Waals surface area contributed by atoms with Gasteiger partial charge in [0, 0.05) is 49.4 Å². The molecule has 1 amide bonds. The summed E-state index contributed by atoms with van der Waals surface area (Å²) < 4.78 is 17.7. The Kier molecular flexibility index (Phi) is 3.88. The van der Waals surface area contributed by atoms with Crippen molar-refractivity contribution in [3.05, 3.63) is 30.7 Å². The van der Waals surface area contributed by atoms with Crippen LogP contribution in [0.15, 0.2) is 24.8 Å². The van der Waals surface area contributed by atoms with Crippen LogP contribution in [-0.4, -0.2) is 60.4 Å². The van der Waals surface area contributed by atoms with Crippen molar-refractivity contribution in [2.75, 3.05) is 18.0 Å². The van der Waals surface area contributed by atoms with E-state index < -0.39 is 0 Å². The molecule has 6 rings (SSSR count). The van der Waals surface area contributed by atoms with Gasteiger partial charge in [-0.2, -0.15) is 14.6 Å². The van der Waals surface area contributed by atoms with Gasteiger partial charge in [-0.3, -0.25) is 4.79 Å². The number of rotatable bonds is 4. The Hall–Kier alpha value is -2.97. The van der Waals surface area contributed by atoms with Crippen LogP contribution in [0.25, 0.3) is 16.6 Å². The van der Waals surface area contributed by atoms with Gasteiger partial charge in [0.15, 0.2) is 5.82 Å². The van der Waals surface area contributed by atoms with E-state index in [-0.39, 0.29) is 23.9 Å². The third-order valence-electron chi connectivity index (χ3n) is 6.73. The van der Waals surface area contributed by atoms with Gasteiger partial charge in [-0.15, -0.1) is 0 Å². The average molecular weight is 409 g/mol. The summed E-state index contributed by atoms with van der Waals surface area (Å²) in [7, 11) is 0. The first-order valence-electron chi connectivity index (χ1n) is 10.8. The number of anilines is 1. The van der Waals surface area contributed by atoms with Gasteiger partial charge in [-0.1, -0.05) is 0 Å². The first-order chi connectivity index (χ1) is 14.6. The monoisotopic (exact) mass is 409 g/mol. The van der Waals surface area contributed by atoms with Crippen molar-refractivity contribution in [3.8, 4) is 11.1 Å². The molecule has 2 unspecified atom stereocenters. The van der Waals surface area contributed by atoms with Gasteiger partial charge < -0.3 is 9.80 Å². The van der Waals surface area contributed by atoms with E-state index in [0.717, 1.165) is 55.7 Å². The van der Waals surface area contributed by atoms with Gasteiger partial charge >= 0.3 is 0 Å². The molecule has 0 N–H and O–H groups in total. The van der Waals surface area contributed by atoms with E-state index in [9.17, 15) is 9.18 Å². The molecular formula is C21H24FN7O. The van der Waals surface area contributed by atoms with Crippen LogP contribution in [0.4, 0.5) is 10.2 Å². The van der Waals surface area contributed by atoms with Crippen LogP contribution in [0.2, 0.25) is 0 Å². The molecule has 3 aromatic heterocycles. The standard InChI is InChI=1S/C21H24FN7O/c1-2-27-19(22)17(8-24-27)14-7-18-20(23-12-25-28(18)9-14)26-10-15-5-6-16(11-26)29(15)21(30)13-3-4-13/h7-9,12-13,15-16H,2-6,10-11H2,1H3. The summed E-state index contributed by atoms with van der Waals surface area (Å²) in [6.45, 7) is 3.91. The Morgan fingerprint density at radius 2 is 1.93 bits per heavy atom. The topological polar surface area (TPSA) is 71.6 Å². The van der Waals surface area contributed by atoms with E-state index in [2.05, 4.69) is 25.0 Å². The zero-order chi connectivity index (χ0) is 20.4. The largest absolute Gasteiger partial charge is 0.351 e. The minimum atomic E-state index is -0.340. The fourth-order valence-corrected chi connectivity index (χ4v) is 5.07. The molecule has 2 bridgehead atoms. The highest BCUT2D eigenvalue weighted by atomic mass is 19.1. The van der Waals surface area contributed by atoms with Crippen LogP contribution in [0.3, 0.4) is 0 Å². The summed E-state index contributed by atoms with van der Waals surface area (Å²) in [4.78, 5) is 21.7. The van der Waals surface area contributed by atoms with E-state index in [4.69, 9.17) is 0 Å². The SMILES string of the molecule is CCn1ncc(-c2cc3c(N4CC5CCC(C4)N5C(=O)C4CC4)ncnn3c2)c1F. The second-order valence-electron chi connectivity index (χ2n) is 8.62. The normalized spacial score (nSPS) is 23.5. The number of hydrogen-bond donors (Lipinski definition) is 0. The number of aromatic nitrogens is 5. The number of aryl methyl sites for hydroxylation is 1. The highest BCUT2D eigenvalue weighted by molar-refractivity contribution is 5.83. The Bertz CT molecular complexity index is 1120. The third kappa shape index (κ3) is 2.64. The number of amides is 1. The molecule has 2 atom stereocenters. The lowest BCUT2D eigenvalue weighted by Crippen LogP contribution is -2.56. The maximum absolute atomic E-state index is 14.6. The summed E-state index contributed by atoms with van der Waals surface area (Å²) in [5, 5.41) is 8.45. The molecule has 0 aromatic carbocycles. The minimum Gasteiger partial charge on any atom is -0.351 e. The fraction of sp³-hybridized carbons (Fsp3) is 0.524. The third-order valence-corrected chi connectivity index (χ3v) is 6.73. The van der Waals surface area contributed by atoms with E-state index in [1.165, 1.54) is 4.68 Å². The molecule has 2 aliphatic heterocycles. The van der Waals surface area contributed by atoms with Gasteiger partial charge in [0.2, 0.25) is 11.9 Å². The molecule has 156 valence electrons. The number of hydrogen-bond acceptors (Lipinski definition) is 5. The average Bonchev–Trinajstić information content (AvgIpc) is 3.33. The van der Waals surface area contributed by atoms with Gasteiger partial charge in [-0.05, 0) is 38.7 Å². The first-order valence-corrected chi connectivity index (χ1v) is 10.8. The molecule has 5 heterocycles. The number of nitrogens with zero attached hydrogens (tertiary/aromatic N) is 7. The maximum Gasteiger partial charge on any atom is 0.226 e. The highest BCUT2D eigenvalue weighted by Crippen LogP contribution is 2.39. The van der Waals surface area contributed by atoms with Crippen molar-refractivity contribution < 1.29 is 9.18 Å². The van der Waals surface area contributed by atoms with Gasteiger partial charge in [0.1, 0.15) is 11.8 Å². The molecule has 3 aromatic rings. The molecule has 0 radical (unpaired) electrons. The molecule has 9 heteroatoms. The summed E-state index contributed by atoms with van der Waals surface area (Å²) in [5.74, 6) is 1.11. The van der Waals surface area contributed by atoms with Crippen LogP contribution >= 0.6 is 0 Å². The molecule has 1 aliphatic carbocycles. The molecule has 30 heavy (non-hydrogen) atoms. The minimum absolute atomic E-state index is 0.251. The molecule has 8 nitrogen and oxygen atoms in total. The van der Waals surface area contributed by atoms with Crippen molar-refractivity contribution in [1.82, 2.24) is 29.3 Å². The second kappa shape index (κ2) is 6.52. The Labute approximate surface area is 173 Å². The van der Waals surface area contributed by atoms with Crippen LogP contribution < -0.4 is 4.90 Å². The zero-order valence-corrected chi connectivity index (χ0v) is 16.9. The van der Waals surface area contributed by atoms with Crippen molar-refractivity contribution in [1.29, 1.82) is 0 Å². The first kappa shape index (κ1) is 17.9. The molecule has 2 saturated heterocycles. The Balaban J connectivity index is 1.33. The van der Waals surface area contributed by atoms with Crippen LogP contribution in [0.1, 0.15) is 32.6 Å². The summed E-state index contributed by atoms with van der Waals surface area (Å²) in [5.41, 5.74) is 2.05. The lowest BCUT2D eigenvalue weighted by Gasteiger charge is -2.41. The quantitative estimate of drug-likeness (QED) is 0.662. The Morgan fingerprint density at radius 1 is 1.17 bits per heavy atom. The lowest BCUT2D eigenvalue weighted by molar-refractivity contribution is -0.135. The van der Waals surface area contributed by atoms with E-state index >= 15 is 0 Å². The van der Waals surface area contributed by atoms with Crippen molar-refractivity contribution in [2.45, 2.75) is 51.2 Å². The summed E-state index contributed by atoms with van der Waals surface area (Å²) >= 11 is 0. The number of carbonyl (C=O) groups excluding carboxylic acids is 1. The number of fused-ring (bicyclic) bond motifs is 3. The molecule has 3 fully saturated rings. The molecular weight excluding hydrogens is 385 g/mol. The summed E-state index contributed by atoms with van der Waals surface area (Å²) in [6, 6.07) is 2.43. The predicted molar refractivity (Wildman–Crippen MR) is 108 cm³/mol. The van der Waals surface area contributed by atoms with Crippen molar-refractivity contribution in [2.24, 2.45) is 5.92 Å². The highest BCUT2D eigenvalue weighted by Gasteiger charge is 2.46. The van der Waals surface area contributed by atoms with Gasteiger partial charge in [0.25, 0.3) is 0 Å². The van der Waals surface area contributed by atoms with Crippen LogP contribution in [0, 0.1) is 11.9 Å². The molecule has 0 spiro atoms. The maximum atomic E-state index is 14.6. The summed E-state index contributed by atoms with van der Waals surface area (Å²) in [6.07, 6.45) is 9.11. The smallest absolute Gasteiger partial charge is 0.226 e. The fourth-order valence-electron chi connectivity index (χ4n) is 5.07. The second-order valence-corrected chi connectivity index (χ2v) is 8.62. The van der Waals surface area contributed by atoms with Crippen LogP contribution in [0.5, 0.6) is 0 Å². The number of halogens is 1. The predicted octanol–water partition coefficient (Wildman–Crippen LogP) is 2.34. The number of carbonyl (C=O) groups is 1. The van der Waals surface area contributed by atoms with E-state index in [0.29, 0.717) is 18.0 Å². The van der Waals surface area contributed by atoms with E-state index in [1.54, 1.807) is 17.0 Å². The molecule has 3 aliphatic rings. The molecule has 1 saturated carbocycles. The van der Waals surface area contributed by atoms with E-state index in [1.807, 2.05) is 19.2 Å². The van der Waals surface area contributed by atoms with Gasteiger partial charge in [0.05, 0.1) is 11.8 Å². The Morgan fingerprint density at radius 3 is 2.60 bits per heavy atom. The van der Waals surface area contributed by atoms with Crippen molar-refractivity contribution >= 4 is 17.2 Å². The number of piperazine rings is 1. The zero-order valence-electron chi connectivity index (χ0n) is 16.9. The van der Waals surface area contributed by atoms with Crippen molar-refractivity contribution in [3.63, 3.8) is 0 Å².